The maximum Gasteiger partial charge on any atom is 0.134 e. The van der Waals surface area contributed by atoms with E-state index >= 15 is 0 Å². The Bertz CT molecular complexity index is 421. The first-order valence-electron chi connectivity index (χ1n) is 8.11. The van der Waals surface area contributed by atoms with Gasteiger partial charge < -0.3 is 5.32 Å². The Morgan fingerprint density at radius 1 is 1.15 bits per heavy atom. The number of aryl methyl sites for hydroxylation is 1. The van der Waals surface area contributed by atoms with Crippen molar-refractivity contribution in [2.45, 2.75) is 65.7 Å². The van der Waals surface area contributed by atoms with Crippen molar-refractivity contribution in [3.05, 3.63) is 17.1 Å². The largest absolute Gasteiger partial charge is 0.373 e. The molecule has 0 saturated heterocycles. The van der Waals surface area contributed by atoms with Crippen LogP contribution in [0.4, 0.5) is 5.82 Å². The summed E-state index contributed by atoms with van der Waals surface area (Å²) in [5, 5.41) is 3.23. The van der Waals surface area contributed by atoms with E-state index in [1.807, 2.05) is 7.05 Å². The summed E-state index contributed by atoms with van der Waals surface area (Å²) in [7, 11) is 1.95. The number of nitrogens with one attached hydrogen (secondary N) is 1. The van der Waals surface area contributed by atoms with Gasteiger partial charge in [0.1, 0.15) is 11.6 Å². The van der Waals surface area contributed by atoms with Crippen LogP contribution >= 0.6 is 0 Å². The molecule has 0 unspecified atom stereocenters. The summed E-state index contributed by atoms with van der Waals surface area (Å²) in [4.78, 5) is 9.61. The van der Waals surface area contributed by atoms with Gasteiger partial charge in [-0.05, 0) is 50.9 Å². The van der Waals surface area contributed by atoms with E-state index < -0.39 is 0 Å². The number of aromatic nitrogens is 2. The fraction of sp³-hybridized carbons (Fsp3) is 0.765. The van der Waals surface area contributed by atoms with Crippen molar-refractivity contribution in [1.82, 2.24) is 9.97 Å². The van der Waals surface area contributed by atoms with Crippen LogP contribution in [0.25, 0.3) is 0 Å². The SMILES string of the molecule is CCc1nc(C2CCC(C(C)C)CC2)nc(NC)c1C. The number of hydrogen-bond acceptors (Lipinski definition) is 3. The minimum absolute atomic E-state index is 0.558. The van der Waals surface area contributed by atoms with Crippen LogP contribution in [0.15, 0.2) is 0 Å². The quantitative estimate of drug-likeness (QED) is 0.889. The van der Waals surface area contributed by atoms with Crippen molar-refractivity contribution >= 4 is 5.82 Å². The fourth-order valence-corrected chi connectivity index (χ4v) is 3.40. The highest BCUT2D eigenvalue weighted by Crippen LogP contribution is 2.38. The second-order valence-corrected chi connectivity index (χ2v) is 6.46. The Balaban J connectivity index is 2.17. The molecular formula is C17H29N3. The van der Waals surface area contributed by atoms with Gasteiger partial charge in [-0.15, -0.1) is 0 Å². The maximum atomic E-state index is 4.84. The summed E-state index contributed by atoms with van der Waals surface area (Å²) in [6.07, 6.45) is 6.14. The molecule has 0 amide bonds. The summed E-state index contributed by atoms with van der Waals surface area (Å²) in [6, 6.07) is 0. The standard InChI is InChI=1S/C17H29N3/c1-6-15-12(4)16(18-5)20-17(19-15)14-9-7-13(8-10-14)11(2)3/h11,13-14H,6-10H2,1-5H3,(H,18,19,20). The van der Waals surface area contributed by atoms with Crippen LogP contribution in [0, 0.1) is 18.8 Å². The highest BCUT2D eigenvalue weighted by Gasteiger charge is 2.26. The average Bonchev–Trinajstić information content (AvgIpc) is 2.47. The molecule has 0 aromatic carbocycles. The zero-order valence-corrected chi connectivity index (χ0v) is 13.7. The molecule has 3 nitrogen and oxygen atoms in total. The molecular weight excluding hydrogens is 246 g/mol. The molecule has 1 saturated carbocycles. The Kier molecular flexibility index (Phi) is 5.00. The molecule has 1 N–H and O–H groups in total. The first kappa shape index (κ1) is 15.3. The summed E-state index contributed by atoms with van der Waals surface area (Å²) in [5.74, 6) is 4.35. The minimum Gasteiger partial charge on any atom is -0.373 e. The van der Waals surface area contributed by atoms with E-state index in [4.69, 9.17) is 9.97 Å². The van der Waals surface area contributed by atoms with Crippen LogP contribution in [0.3, 0.4) is 0 Å². The van der Waals surface area contributed by atoms with E-state index in [1.165, 1.54) is 36.9 Å². The second-order valence-electron chi connectivity index (χ2n) is 6.46. The van der Waals surface area contributed by atoms with Crippen LogP contribution in [-0.2, 0) is 6.42 Å². The van der Waals surface area contributed by atoms with Gasteiger partial charge in [-0.1, -0.05) is 20.8 Å². The molecule has 0 spiro atoms. The predicted octanol–water partition coefficient (Wildman–Crippen LogP) is 4.32. The Hall–Kier alpha value is -1.12. The zero-order chi connectivity index (χ0) is 14.7. The normalized spacial score (nSPS) is 23.1. The number of nitrogens with zero attached hydrogens (tertiary/aromatic N) is 2. The summed E-state index contributed by atoms with van der Waals surface area (Å²) < 4.78 is 0. The van der Waals surface area contributed by atoms with Gasteiger partial charge in [-0.2, -0.15) is 0 Å². The molecule has 1 aliphatic rings. The minimum atomic E-state index is 0.558. The monoisotopic (exact) mass is 275 g/mol. The molecule has 1 fully saturated rings. The van der Waals surface area contributed by atoms with Gasteiger partial charge in [0.05, 0.1) is 0 Å². The van der Waals surface area contributed by atoms with Gasteiger partial charge in [-0.3, -0.25) is 0 Å². The lowest BCUT2D eigenvalue weighted by Crippen LogP contribution is -2.20. The topological polar surface area (TPSA) is 37.8 Å². The van der Waals surface area contributed by atoms with Crippen LogP contribution in [0.2, 0.25) is 0 Å². The van der Waals surface area contributed by atoms with Crippen LogP contribution in [-0.4, -0.2) is 17.0 Å². The van der Waals surface area contributed by atoms with E-state index in [9.17, 15) is 0 Å². The van der Waals surface area contributed by atoms with E-state index in [-0.39, 0.29) is 0 Å². The number of rotatable bonds is 4. The lowest BCUT2D eigenvalue weighted by Gasteiger charge is -2.30. The average molecular weight is 275 g/mol. The third-order valence-corrected chi connectivity index (χ3v) is 4.92. The third kappa shape index (κ3) is 3.13. The van der Waals surface area contributed by atoms with Crippen LogP contribution in [0.5, 0.6) is 0 Å². The van der Waals surface area contributed by atoms with E-state index in [1.54, 1.807) is 0 Å². The molecule has 0 radical (unpaired) electrons. The Labute approximate surface area is 123 Å². The molecule has 1 heterocycles. The van der Waals surface area contributed by atoms with Gasteiger partial charge in [0.15, 0.2) is 0 Å². The third-order valence-electron chi connectivity index (χ3n) is 4.92. The summed E-state index contributed by atoms with van der Waals surface area (Å²) in [6.45, 7) is 8.99. The van der Waals surface area contributed by atoms with Gasteiger partial charge in [-0.25, -0.2) is 9.97 Å². The molecule has 0 atom stereocenters. The smallest absolute Gasteiger partial charge is 0.134 e. The van der Waals surface area contributed by atoms with E-state index in [0.717, 1.165) is 29.9 Å². The van der Waals surface area contributed by atoms with Crippen molar-refractivity contribution in [2.75, 3.05) is 12.4 Å². The van der Waals surface area contributed by atoms with Crippen LogP contribution < -0.4 is 5.32 Å². The fourth-order valence-electron chi connectivity index (χ4n) is 3.40. The van der Waals surface area contributed by atoms with E-state index in [0.29, 0.717) is 5.92 Å². The molecule has 1 aromatic heterocycles. The molecule has 3 heteroatoms. The molecule has 0 bridgehead atoms. The molecule has 112 valence electrons. The molecule has 1 aromatic rings. The first-order chi connectivity index (χ1) is 9.56. The molecule has 2 rings (SSSR count). The predicted molar refractivity (Wildman–Crippen MR) is 85.2 cm³/mol. The van der Waals surface area contributed by atoms with Crippen molar-refractivity contribution < 1.29 is 0 Å². The summed E-state index contributed by atoms with van der Waals surface area (Å²) >= 11 is 0. The second kappa shape index (κ2) is 6.55. The Morgan fingerprint density at radius 2 is 1.80 bits per heavy atom. The van der Waals surface area contributed by atoms with Crippen molar-refractivity contribution in [2.24, 2.45) is 11.8 Å². The maximum absolute atomic E-state index is 4.84. The highest BCUT2D eigenvalue weighted by atomic mass is 15.0. The lowest BCUT2D eigenvalue weighted by molar-refractivity contribution is 0.254. The molecule has 20 heavy (non-hydrogen) atoms. The molecule has 1 aliphatic carbocycles. The number of hydrogen-bond donors (Lipinski definition) is 1. The Morgan fingerprint density at radius 3 is 2.30 bits per heavy atom. The van der Waals surface area contributed by atoms with Gasteiger partial charge in [0, 0.05) is 24.2 Å². The highest BCUT2D eigenvalue weighted by molar-refractivity contribution is 5.45. The van der Waals surface area contributed by atoms with Gasteiger partial charge >= 0.3 is 0 Å². The van der Waals surface area contributed by atoms with Gasteiger partial charge in [0.25, 0.3) is 0 Å². The summed E-state index contributed by atoms with van der Waals surface area (Å²) in [5.41, 5.74) is 2.40. The number of anilines is 1. The van der Waals surface area contributed by atoms with Crippen LogP contribution in [0.1, 0.15) is 69.5 Å². The zero-order valence-electron chi connectivity index (χ0n) is 13.7. The molecule has 0 aliphatic heterocycles. The van der Waals surface area contributed by atoms with Crippen molar-refractivity contribution in [3.8, 4) is 0 Å². The van der Waals surface area contributed by atoms with Crippen molar-refractivity contribution in [3.63, 3.8) is 0 Å². The van der Waals surface area contributed by atoms with E-state index in [2.05, 4.69) is 33.0 Å². The first-order valence-corrected chi connectivity index (χ1v) is 8.11. The van der Waals surface area contributed by atoms with Gasteiger partial charge in [0.2, 0.25) is 0 Å². The lowest BCUT2D eigenvalue weighted by atomic mass is 9.76. The van der Waals surface area contributed by atoms with Crippen molar-refractivity contribution in [1.29, 1.82) is 0 Å².